The SMILES string of the molecule is CCCCCCCCCCCCCCCCCCCCCCCCCCCCCCCCCCCCCCCCCC(=O)OC(CO)COC(=O)CCCCCCC. The Morgan fingerprint density at radius 3 is 0.759 bits per heavy atom. The molecular weight excluding hydrogens is 717 g/mol. The maximum atomic E-state index is 12.1. The van der Waals surface area contributed by atoms with Gasteiger partial charge in [0.2, 0.25) is 0 Å². The zero-order valence-electron chi connectivity index (χ0n) is 39.6. The molecule has 0 aliphatic rings. The lowest BCUT2D eigenvalue weighted by atomic mass is 10.0. The topological polar surface area (TPSA) is 72.8 Å². The summed E-state index contributed by atoms with van der Waals surface area (Å²) in [6.45, 7) is 4.09. The van der Waals surface area contributed by atoms with Gasteiger partial charge in [0.05, 0.1) is 6.61 Å². The van der Waals surface area contributed by atoms with E-state index in [1.54, 1.807) is 0 Å². The summed E-state index contributed by atoms with van der Waals surface area (Å²) >= 11 is 0. The zero-order chi connectivity index (χ0) is 42.1. The van der Waals surface area contributed by atoms with Crippen LogP contribution < -0.4 is 0 Å². The Bertz CT molecular complexity index is 799. The Kier molecular flexibility index (Phi) is 49.3. The van der Waals surface area contributed by atoms with E-state index in [9.17, 15) is 14.7 Å². The van der Waals surface area contributed by atoms with Crippen LogP contribution in [-0.4, -0.2) is 36.4 Å². The molecule has 0 spiro atoms. The fourth-order valence-corrected chi connectivity index (χ4v) is 8.38. The molecule has 0 radical (unpaired) electrons. The predicted octanol–water partition coefficient (Wildman–Crippen LogP) is 17.4. The van der Waals surface area contributed by atoms with Crippen LogP contribution in [0.15, 0.2) is 0 Å². The number of hydrogen-bond acceptors (Lipinski definition) is 5. The van der Waals surface area contributed by atoms with Gasteiger partial charge in [0.1, 0.15) is 6.61 Å². The lowest BCUT2D eigenvalue weighted by Crippen LogP contribution is -2.28. The third kappa shape index (κ3) is 47.6. The van der Waals surface area contributed by atoms with Crippen LogP contribution in [0.4, 0.5) is 0 Å². The third-order valence-corrected chi connectivity index (χ3v) is 12.4. The standard InChI is InChI=1S/C53H104O5/c1-3-5-7-9-10-11-12-13-14-15-16-17-18-19-20-21-22-23-24-25-26-27-28-29-30-31-32-33-34-35-36-37-38-39-40-41-42-44-46-48-53(56)58-51(49-54)50-57-52(55)47-45-43-8-6-4-2/h51,54H,3-50H2,1-2H3. The molecule has 0 aromatic heterocycles. The Morgan fingerprint density at radius 1 is 0.328 bits per heavy atom. The first-order chi connectivity index (χ1) is 28.6. The van der Waals surface area contributed by atoms with Gasteiger partial charge in [-0.15, -0.1) is 0 Å². The van der Waals surface area contributed by atoms with Crippen LogP contribution in [0.25, 0.3) is 0 Å². The van der Waals surface area contributed by atoms with Crippen molar-refractivity contribution in [2.24, 2.45) is 0 Å². The number of aliphatic hydroxyl groups is 1. The van der Waals surface area contributed by atoms with Gasteiger partial charge in [-0.3, -0.25) is 9.59 Å². The first kappa shape index (κ1) is 56.9. The lowest BCUT2D eigenvalue weighted by Gasteiger charge is -2.15. The number of carbonyl (C=O) groups excluding carboxylic acids is 2. The molecule has 0 saturated heterocycles. The maximum absolute atomic E-state index is 12.1. The summed E-state index contributed by atoms with van der Waals surface area (Å²) in [6, 6.07) is 0. The van der Waals surface area contributed by atoms with E-state index in [0.717, 1.165) is 38.5 Å². The Morgan fingerprint density at radius 2 is 0.534 bits per heavy atom. The molecule has 1 atom stereocenters. The number of unbranched alkanes of at least 4 members (excludes halogenated alkanes) is 42. The van der Waals surface area contributed by atoms with E-state index in [2.05, 4.69) is 13.8 Å². The van der Waals surface area contributed by atoms with Crippen LogP contribution in [-0.2, 0) is 19.1 Å². The Balaban J connectivity index is 3.24. The molecule has 346 valence electrons. The van der Waals surface area contributed by atoms with Gasteiger partial charge >= 0.3 is 11.9 Å². The summed E-state index contributed by atoms with van der Waals surface area (Å²) in [5.74, 6) is -0.589. The van der Waals surface area contributed by atoms with Crippen LogP contribution >= 0.6 is 0 Å². The van der Waals surface area contributed by atoms with Crippen LogP contribution in [0.5, 0.6) is 0 Å². The van der Waals surface area contributed by atoms with Crippen molar-refractivity contribution < 1.29 is 24.2 Å². The van der Waals surface area contributed by atoms with Crippen molar-refractivity contribution in [2.75, 3.05) is 13.2 Å². The van der Waals surface area contributed by atoms with Crippen molar-refractivity contribution in [3.05, 3.63) is 0 Å². The van der Waals surface area contributed by atoms with Gasteiger partial charge < -0.3 is 14.6 Å². The number of carbonyl (C=O) groups is 2. The molecule has 5 heteroatoms. The van der Waals surface area contributed by atoms with E-state index in [0.29, 0.717) is 12.8 Å². The molecule has 58 heavy (non-hydrogen) atoms. The second-order valence-corrected chi connectivity index (χ2v) is 18.3. The minimum absolute atomic E-state index is 0.0597. The highest BCUT2D eigenvalue weighted by atomic mass is 16.6. The summed E-state index contributed by atoms with van der Waals surface area (Å²) in [4.78, 5) is 24.0. The first-order valence-corrected chi connectivity index (χ1v) is 26.6. The molecule has 0 aliphatic carbocycles. The predicted molar refractivity (Wildman–Crippen MR) is 252 cm³/mol. The molecule has 1 unspecified atom stereocenters. The molecule has 0 rings (SSSR count). The minimum Gasteiger partial charge on any atom is -0.462 e. The average Bonchev–Trinajstić information content (AvgIpc) is 3.23. The van der Waals surface area contributed by atoms with Crippen molar-refractivity contribution in [1.82, 2.24) is 0 Å². The van der Waals surface area contributed by atoms with E-state index in [1.165, 1.54) is 244 Å². The van der Waals surface area contributed by atoms with Gasteiger partial charge in [-0.25, -0.2) is 0 Å². The summed E-state index contributed by atoms with van der Waals surface area (Å²) < 4.78 is 10.5. The van der Waals surface area contributed by atoms with E-state index >= 15 is 0 Å². The minimum atomic E-state index is -0.760. The maximum Gasteiger partial charge on any atom is 0.306 e. The van der Waals surface area contributed by atoms with Gasteiger partial charge in [-0.1, -0.05) is 284 Å². The fourth-order valence-electron chi connectivity index (χ4n) is 8.38. The Labute approximate surface area is 363 Å². The summed E-state index contributed by atoms with van der Waals surface area (Å²) in [6.07, 6.45) is 60.1. The van der Waals surface area contributed by atoms with Crippen molar-refractivity contribution in [3.8, 4) is 0 Å². The average molecular weight is 821 g/mol. The number of hydrogen-bond donors (Lipinski definition) is 1. The quantitative estimate of drug-likeness (QED) is 0.0489. The molecule has 0 amide bonds. The second-order valence-electron chi connectivity index (χ2n) is 18.3. The molecule has 0 bridgehead atoms. The Hall–Kier alpha value is -1.10. The smallest absolute Gasteiger partial charge is 0.306 e. The summed E-state index contributed by atoms with van der Waals surface area (Å²) in [5.41, 5.74) is 0. The van der Waals surface area contributed by atoms with E-state index < -0.39 is 6.10 Å². The van der Waals surface area contributed by atoms with Crippen LogP contribution in [0.3, 0.4) is 0 Å². The third-order valence-electron chi connectivity index (χ3n) is 12.4. The zero-order valence-corrected chi connectivity index (χ0v) is 39.6. The number of rotatable bonds is 50. The molecule has 0 aliphatic heterocycles. The highest BCUT2D eigenvalue weighted by Gasteiger charge is 2.16. The highest BCUT2D eigenvalue weighted by molar-refractivity contribution is 5.70. The van der Waals surface area contributed by atoms with Crippen molar-refractivity contribution in [3.63, 3.8) is 0 Å². The summed E-state index contributed by atoms with van der Waals surface area (Å²) in [5, 5.41) is 9.50. The van der Waals surface area contributed by atoms with Gasteiger partial charge in [-0.2, -0.15) is 0 Å². The van der Waals surface area contributed by atoms with Crippen LogP contribution in [0.1, 0.15) is 309 Å². The molecule has 0 fully saturated rings. The fraction of sp³-hybridized carbons (Fsp3) is 0.962. The van der Waals surface area contributed by atoms with Crippen molar-refractivity contribution in [1.29, 1.82) is 0 Å². The van der Waals surface area contributed by atoms with E-state index in [1.807, 2.05) is 0 Å². The van der Waals surface area contributed by atoms with Gasteiger partial charge in [0, 0.05) is 12.8 Å². The second kappa shape index (κ2) is 50.3. The molecule has 0 saturated carbocycles. The summed E-state index contributed by atoms with van der Waals surface area (Å²) in [7, 11) is 0. The highest BCUT2D eigenvalue weighted by Crippen LogP contribution is 2.18. The number of ether oxygens (including phenoxy) is 2. The number of aliphatic hydroxyl groups excluding tert-OH is 1. The molecule has 0 heterocycles. The van der Waals surface area contributed by atoms with Gasteiger partial charge in [0.15, 0.2) is 6.10 Å². The number of esters is 2. The van der Waals surface area contributed by atoms with Crippen molar-refractivity contribution >= 4 is 11.9 Å². The molecule has 0 aromatic carbocycles. The largest absolute Gasteiger partial charge is 0.462 e. The monoisotopic (exact) mass is 821 g/mol. The van der Waals surface area contributed by atoms with E-state index in [4.69, 9.17) is 9.47 Å². The molecule has 5 nitrogen and oxygen atoms in total. The van der Waals surface area contributed by atoms with Crippen molar-refractivity contribution in [2.45, 2.75) is 315 Å². The molecule has 1 N–H and O–H groups in total. The lowest BCUT2D eigenvalue weighted by molar-refractivity contribution is -0.161. The van der Waals surface area contributed by atoms with Gasteiger partial charge in [0.25, 0.3) is 0 Å². The van der Waals surface area contributed by atoms with E-state index in [-0.39, 0.29) is 25.2 Å². The van der Waals surface area contributed by atoms with Crippen LogP contribution in [0, 0.1) is 0 Å². The van der Waals surface area contributed by atoms with Gasteiger partial charge in [-0.05, 0) is 12.8 Å². The first-order valence-electron chi connectivity index (χ1n) is 26.6. The van der Waals surface area contributed by atoms with Crippen LogP contribution in [0.2, 0.25) is 0 Å². The normalized spacial score (nSPS) is 12.0. The molecular formula is C53H104O5. The molecule has 0 aromatic rings.